The van der Waals surface area contributed by atoms with Crippen LogP contribution < -0.4 is 5.32 Å². The molecule has 1 N–H and O–H groups in total. The lowest BCUT2D eigenvalue weighted by atomic mass is 10.0. The average Bonchev–Trinajstić information content (AvgIpc) is 2.42. The lowest BCUT2D eigenvalue weighted by Crippen LogP contribution is -2.39. The minimum atomic E-state index is -0.444. The molecular formula is C11H20N2O3. The quantitative estimate of drug-likeness (QED) is 0.748. The molecule has 0 atom stereocenters. The molecule has 0 spiro atoms. The van der Waals surface area contributed by atoms with E-state index in [2.05, 4.69) is 5.32 Å². The van der Waals surface area contributed by atoms with Gasteiger partial charge in [-0.05, 0) is 13.8 Å². The summed E-state index contributed by atoms with van der Waals surface area (Å²) in [6, 6.07) is 0. The molecule has 1 fully saturated rings. The van der Waals surface area contributed by atoms with Gasteiger partial charge < -0.3 is 15.0 Å². The van der Waals surface area contributed by atoms with Crippen molar-refractivity contribution in [2.45, 2.75) is 32.3 Å². The van der Waals surface area contributed by atoms with Gasteiger partial charge in [0.2, 0.25) is 11.8 Å². The molecule has 0 aromatic heterocycles. The van der Waals surface area contributed by atoms with E-state index in [0.717, 1.165) is 0 Å². The van der Waals surface area contributed by atoms with Gasteiger partial charge in [0.1, 0.15) is 0 Å². The second-order valence-electron chi connectivity index (χ2n) is 4.62. The molecule has 1 heterocycles. The Morgan fingerprint density at radius 2 is 2.19 bits per heavy atom. The van der Waals surface area contributed by atoms with Crippen molar-refractivity contribution in [3.8, 4) is 0 Å². The van der Waals surface area contributed by atoms with Crippen molar-refractivity contribution >= 4 is 11.8 Å². The summed E-state index contributed by atoms with van der Waals surface area (Å²) >= 11 is 0. The van der Waals surface area contributed by atoms with Crippen molar-refractivity contribution in [1.82, 2.24) is 10.2 Å². The Balaban J connectivity index is 2.50. The smallest absolute Gasteiger partial charge is 0.225 e. The second kappa shape index (κ2) is 5.30. The van der Waals surface area contributed by atoms with Crippen LogP contribution in [0, 0.1) is 0 Å². The fourth-order valence-electron chi connectivity index (χ4n) is 1.56. The fourth-order valence-corrected chi connectivity index (χ4v) is 1.56. The van der Waals surface area contributed by atoms with Gasteiger partial charge in [-0.25, -0.2) is 0 Å². The van der Waals surface area contributed by atoms with E-state index < -0.39 is 5.60 Å². The minimum Gasteiger partial charge on any atom is -0.378 e. The first-order chi connectivity index (χ1) is 7.44. The highest BCUT2D eigenvalue weighted by atomic mass is 16.5. The molecular weight excluding hydrogens is 208 g/mol. The van der Waals surface area contributed by atoms with Crippen LogP contribution in [0.25, 0.3) is 0 Å². The van der Waals surface area contributed by atoms with Gasteiger partial charge in [-0.2, -0.15) is 0 Å². The number of hydrogen-bond donors (Lipinski definition) is 1. The largest absolute Gasteiger partial charge is 0.378 e. The zero-order chi connectivity index (χ0) is 12.2. The summed E-state index contributed by atoms with van der Waals surface area (Å²) in [5.41, 5.74) is -0.444. The minimum absolute atomic E-state index is 0.0151. The van der Waals surface area contributed by atoms with Gasteiger partial charge in [0.15, 0.2) is 0 Å². The van der Waals surface area contributed by atoms with Crippen LogP contribution >= 0.6 is 0 Å². The molecule has 0 saturated carbocycles. The first kappa shape index (κ1) is 13.0. The molecule has 16 heavy (non-hydrogen) atoms. The van der Waals surface area contributed by atoms with Crippen LogP contribution in [-0.4, -0.2) is 49.1 Å². The molecule has 1 rings (SSSR count). The molecule has 92 valence electrons. The van der Waals surface area contributed by atoms with Gasteiger partial charge in [-0.15, -0.1) is 0 Å². The Hall–Kier alpha value is -1.10. The number of nitrogens with zero attached hydrogens (tertiary/aromatic N) is 1. The third kappa shape index (κ3) is 3.81. The maximum absolute atomic E-state index is 11.9. The third-order valence-electron chi connectivity index (χ3n) is 2.79. The predicted octanol–water partition coefficient (Wildman–Crippen LogP) is 0.150. The summed E-state index contributed by atoms with van der Waals surface area (Å²) in [5, 5.41) is 2.74. The number of rotatable bonds is 3. The summed E-state index contributed by atoms with van der Waals surface area (Å²) in [4.78, 5) is 24.8. The monoisotopic (exact) mass is 228 g/mol. The molecule has 0 unspecified atom stereocenters. The van der Waals surface area contributed by atoms with Crippen molar-refractivity contribution < 1.29 is 14.3 Å². The molecule has 1 aliphatic heterocycles. The summed E-state index contributed by atoms with van der Waals surface area (Å²) < 4.78 is 5.22. The van der Waals surface area contributed by atoms with Crippen LogP contribution in [0.15, 0.2) is 0 Å². The number of amides is 2. The Morgan fingerprint density at radius 3 is 2.81 bits per heavy atom. The van der Waals surface area contributed by atoms with E-state index in [9.17, 15) is 9.59 Å². The van der Waals surface area contributed by atoms with E-state index in [1.54, 1.807) is 12.0 Å². The maximum atomic E-state index is 11.9. The van der Waals surface area contributed by atoms with Crippen LogP contribution in [0.1, 0.15) is 26.7 Å². The van der Waals surface area contributed by atoms with E-state index in [4.69, 9.17) is 4.74 Å². The first-order valence-electron chi connectivity index (χ1n) is 5.54. The SMILES string of the molecule is COC(C)(C)CC(=O)N1CCNC(=O)CC1. The number of hydrogen-bond acceptors (Lipinski definition) is 3. The molecule has 0 aromatic rings. The summed E-state index contributed by atoms with van der Waals surface area (Å²) in [6.07, 6.45) is 0.733. The normalized spacial score (nSPS) is 17.9. The van der Waals surface area contributed by atoms with Crippen LogP contribution in [0.2, 0.25) is 0 Å². The van der Waals surface area contributed by atoms with Crippen molar-refractivity contribution in [3.63, 3.8) is 0 Å². The molecule has 0 aliphatic carbocycles. The first-order valence-corrected chi connectivity index (χ1v) is 5.54. The van der Waals surface area contributed by atoms with Crippen molar-refractivity contribution in [2.75, 3.05) is 26.7 Å². The molecule has 0 radical (unpaired) electrons. The average molecular weight is 228 g/mol. The topological polar surface area (TPSA) is 58.6 Å². The third-order valence-corrected chi connectivity index (χ3v) is 2.79. The second-order valence-corrected chi connectivity index (χ2v) is 4.62. The zero-order valence-electron chi connectivity index (χ0n) is 10.2. The van der Waals surface area contributed by atoms with E-state index in [1.165, 1.54) is 0 Å². The van der Waals surface area contributed by atoms with E-state index in [0.29, 0.717) is 32.5 Å². The molecule has 1 aliphatic rings. The van der Waals surface area contributed by atoms with E-state index in [1.807, 2.05) is 13.8 Å². The summed E-state index contributed by atoms with van der Waals surface area (Å²) in [5.74, 6) is 0.0599. The van der Waals surface area contributed by atoms with Gasteiger partial charge in [0.05, 0.1) is 12.0 Å². The molecule has 5 nitrogen and oxygen atoms in total. The van der Waals surface area contributed by atoms with Crippen molar-refractivity contribution in [1.29, 1.82) is 0 Å². The van der Waals surface area contributed by atoms with E-state index in [-0.39, 0.29) is 11.8 Å². The van der Waals surface area contributed by atoms with Crippen molar-refractivity contribution in [3.05, 3.63) is 0 Å². The zero-order valence-corrected chi connectivity index (χ0v) is 10.2. The number of methoxy groups -OCH3 is 1. The standard InChI is InChI=1S/C11H20N2O3/c1-11(2,16-3)8-10(15)13-6-4-9(14)12-5-7-13/h4-8H2,1-3H3,(H,12,14). The Kier molecular flexibility index (Phi) is 4.29. The van der Waals surface area contributed by atoms with Crippen LogP contribution in [0.5, 0.6) is 0 Å². The van der Waals surface area contributed by atoms with Crippen LogP contribution in [0.3, 0.4) is 0 Å². The number of carbonyl (C=O) groups is 2. The van der Waals surface area contributed by atoms with Gasteiger partial charge in [-0.1, -0.05) is 0 Å². The van der Waals surface area contributed by atoms with Gasteiger partial charge >= 0.3 is 0 Å². The summed E-state index contributed by atoms with van der Waals surface area (Å²) in [7, 11) is 1.60. The van der Waals surface area contributed by atoms with Crippen molar-refractivity contribution in [2.24, 2.45) is 0 Å². The number of nitrogens with one attached hydrogen (secondary N) is 1. The van der Waals surface area contributed by atoms with Crippen LogP contribution in [-0.2, 0) is 14.3 Å². The van der Waals surface area contributed by atoms with Gasteiger partial charge in [-0.3, -0.25) is 9.59 Å². The lowest BCUT2D eigenvalue weighted by molar-refractivity contribution is -0.136. The van der Waals surface area contributed by atoms with Crippen LogP contribution in [0.4, 0.5) is 0 Å². The predicted molar refractivity (Wildman–Crippen MR) is 59.9 cm³/mol. The summed E-state index contributed by atoms with van der Waals surface area (Å²) in [6.45, 7) is 5.39. The highest BCUT2D eigenvalue weighted by Crippen LogP contribution is 2.15. The number of carbonyl (C=O) groups excluding carboxylic acids is 2. The molecule has 0 aromatic carbocycles. The molecule has 5 heteroatoms. The van der Waals surface area contributed by atoms with E-state index >= 15 is 0 Å². The molecule has 2 amide bonds. The Bertz CT molecular complexity index is 276. The molecule has 0 bridgehead atoms. The van der Waals surface area contributed by atoms with Gasteiger partial charge in [0, 0.05) is 33.2 Å². The highest BCUT2D eigenvalue weighted by molar-refractivity contribution is 5.80. The highest BCUT2D eigenvalue weighted by Gasteiger charge is 2.25. The molecule has 1 saturated heterocycles. The maximum Gasteiger partial charge on any atom is 0.225 e. The number of ether oxygens (including phenoxy) is 1. The Labute approximate surface area is 96.1 Å². The Morgan fingerprint density at radius 1 is 1.50 bits per heavy atom. The fraction of sp³-hybridized carbons (Fsp3) is 0.818. The lowest BCUT2D eigenvalue weighted by Gasteiger charge is -2.26. The van der Waals surface area contributed by atoms with Gasteiger partial charge in [0.25, 0.3) is 0 Å².